The Morgan fingerprint density at radius 3 is 2.46 bits per heavy atom. The van der Waals surface area contributed by atoms with Crippen LogP contribution in [0.15, 0.2) is 121 Å². The molecular formula is C46H49ClN6O7S. The maximum absolute atomic E-state index is 13.1. The van der Waals surface area contributed by atoms with Crippen molar-refractivity contribution < 1.29 is 32.2 Å². The van der Waals surface area contributed by atoms with Crippen LogP contribution in [0.5, 0.6) is 0 Å². The van der Waals surface area contributed by atoms with Crippen LogP contribution in [-0.4, -0.2) is 82.9 Å². The molecule has 2 amide bonds. The minimum Gasteiger partial charge on any atom is -0.499 e. The Kier molecular flexibility index (Phi) is 15.0. The van der Waals surface area contributed by atoms with Crippen LogP contribution in [0, 0.1) is 0 Å². The summed E-state index contributed by atoms with van der Waals surface area (Å²) in [7, 11) is -3.77. The highest BCUT2D eigenvalue weighted by Gasteiger charge is 2.21. The molecular weight excluding hydrogens is 816 g/mol. The lowest BCUT2D eigenvalue weighted by Crippen LogP contribution is -2.28. The molecule has 4 aromatic carbocycles. The van der Waals surface area contributed by atoms with Crippen molar-refractivity contribution in [2.24, 2.45) is 0 Å². The summed E-state index contributed by atoms with van der Waals surface area (Å²) in [4.78, 5) is 34.6. The summed E-state index contributed by atoms with van der Waals surface area (Å²) in [5, 5.41) is 8.43. The number of carbonyl (C=O) groups excluding carboxylic acids is 2. The molecule has 1 aliphatic heterocycles. The molecule has 3 heterocycles. The number of rotatable bonds is 21. The van der Waals surface area contributed by atoms with E-state index in [2.05, 4.69) is 60.6 Å². The maximum Gasteiger partial charge on any atom is 0.251 e. The summed E-state index contributed by atoms with van der Waals surface area (Å²) in [5.41, 5.74) is 8.20. The predicted octanol–water partition coefficient (Wildman–Crippen LogP) is 7.23. The molecule has 0 spiro atoms. The number of aryl methyl sites for hydroxylation is 3. The zero-order valence-corrected chi connectivity index (χ0v) is 35.3. The molecule has 0 bridgehead atoms. The molecule has 61 heavy (non-hydrogen) atoms. The quantitative estimate of drug-likeness (QED) is 0.0332. The molecule has 0 atom stereocenters. The number of anilines is 3. The molecule has 1 aliphatic rings. The van der Waals surface area contributed by atoms with Gasteiger partial charge < -0.3 is 34.7 Å². The number of aromatic nitrogens is 2. The predicted molar refractivity (Wildman–Crippen MR) is 239 cm³/mol. The Hall–Kier alpha value is -5.77. The number of hydrogen-bond acceptors (Lipinski definition) is 9. The molecule has 15 heteroatoms. The van der Waals surface area contributed by atoms with Crippen LogP contribution in [0.1, 0.15) is 29.5 Å². The summed E-state index contributed by atoms with van der Waals surface area (Å²) >= 11 is 6.38. The van der Waals surface area contributed by atoms with Crippen molar-refractivity contribution in [3.63, 3.8) is 0 Å². The minimum absolute atomic E-state index is 0.0344. The van der Waals surface area contributed by atoms with E-state index in [9.17, 15) is 18.0 Å². The van der Waals surface area contributed by atoms with Crippen LogP contribution < -0.4 is 20.3 Å². The normalized spacial score (nSPS) is 12.6. The molecule has 0 aliphatic carbocycles. The van der Waals surface area contributed by atoms with Crippen molar-refractivity contribution in [1.29, 1.82) is 0 Å². The second kappa shape index (κ2) is 21.2. The first-order valence-corrected chi connectivity index (χ1v) is 22.2. The van der Waals surface area contributed by atoms with Gasteiger partial charge in [-0.3, -0.25) is 14.6 Å². The zero-order chi connectivity index (χ0) is 42.4. The summed E-state index contributed by atoms with van der Waals surface area (Å²) in [6.45, 7) is 2.88. The van der Waals surface area contributed by atoms with Crippen molar-refractivity contribution >= 4 is 72.3 Å². The summed E-state index contributed by atoms with van der Waals surface area (Å²) in [6.07, 6.45) is 9.53. The Morgan fingerprint density at radius 2 is 1.61 bits per heavy atom. The highest BCUT2D eigenvalue weighted by Crippen LogP contribution is 2.37. The average molecular weight is 865 g/mol. The van der Waals surface area contributed by atoms with Gasteiger partial charge in [0, 0.05) is 88.4 Å². The number of nitrogens with one attached hydrogen (secondary N) is 4. The number of hydrogen-bond donors (Lipinski definition) is 4. The highest BCUT2D eigenvalue weighted by atomic mass is 35.5. The van der Waals surface area contributed by atoms with Crippen LogP contribution >= 0.6 is 11.6 Å². The number of H-pyrrole nitrogens is 1. The number of carbonyl (C=O) groups is 2. The third-order valence-electron chi connectivity index (χ3n) is 10.3. The third-order valence-corrected chi connectivity index (χ3v) is 12.0. The first-order chi connectivity index (χ1) is 29.7. The SMILES string of the molecule is O=C(C=COCCOCCOCCNC(=O)CCc1ccc2c(c1)[nH]c1ccncc12)Nc1ccc(S(=O)(=O)NCCCN2c3ccccc3CCc3ccc(Cl)cc32)cc1. The summed E-state index contributed by atoms with van der Waals surface area (Å²) < 4.78 is 45.2. The number of halogens is 1. The van der Waals surface area contributed by atoms with Crippen LogP contribution in [0.3, 0.4) is 0 Å². The van der Waals surface area contributed by atoms with Crippen LogP contribution in [0.4, 0.5) is 17.1 Å². The van der Waals surface area contributed by atoms with E-state index in [0.29, 0.717) is 69.5 Å². The number of sulfonamides is 1. The van der Waals surface area contributed by atoms with Crippen molar-refractivity contribution in [2.75, 3.05) is 62.9 Å². The first-order valence-electron chi connectivity index (χ1n) is 20.3. The number of aromatic amines is 1. The van der Waals surface area contributed by atoms with Crippen LogP contribution in [-0.2, 0) is 53.1 Å². The van der Waals surface area contributed by atoms with Gasteiger partial charge in [-0.15, -0.1) is 0 Å². The molecule has 13 nitrogen and oxygen atoms in total. The second-order valence-corrected chi connectivity index (χ2v) is 16.7. The van der Waals surface area contributed by atoms with E-state index >= 15 is 0 Å². The fourth-order valence-electron chi connectivity index (χ4n) is 7.22. The number of pyridine rings is 1. The van der Waals surface area contributed by atoms with Crippen molar-refractivity contribution in [3.8, 4) is 0 Å². The topological polar surface area (TPSA) is 164 Å². The lowest BCUT2D eigenvalue weighted by atomic mass is 10.0. The molecule has 6 aromatic rings. The molecule has 7 rings (SSSR count). The fourth-order valence-corrected chi connectivity index (χ4v) is 8.46. The number of nitrogens with zero attached hydrogens (tertiary/aromatic N) is 2. The molecule has 0 saturated carbocycles. The lowest BCUT2D eigenvalue weighted by Gasteiger charge is -2.27. The third kappa shape index (κ3) is 12.0. The van der Waals surface area contributed by atoms with E-state index in [0.717, 1.165) is 51.6 Å². The summed E-state index contributed by atoms with van der Waals surface area (Å²) in [5.74, 6) is -0.467. The lowest BCUT2D eigenvalue weighted by molar-refractivity contribution is -0.121. The highest BCUT2D eigenvalue weighted by molar-refractivity contribution is 7.89. The Morgan fingerprint density at radius 1 is 0.820 bits per heavy atom. The fraction of sp³-hybridized carbons (Fsp3) is 0.283. The minimum atomic E-state index is -3.77. The van der Waals surface area contributed by atoms with Crippen molar-refractivity contribution in [3.05, 3.63) is 137 Å². The molecule has 0 unspecified atom stereocenters. The van der Waals surface area contributed by atoms with Gasteiger partial charge in [-0.05, 0) is 97.0 Å². The number of ether oxygens (including phenoxy) is 3. The maximum atomic E-state index is 13.1. The van der Waals surface area contributed by atoms with Gasteiger partial charge in [0.25, 0.3) is 5.91 Å². The second-order valence-electron chi connectivity index (χ2n) is 14.5. The molecule has 0 fully saturated rings. The molecule has 4 N–H and O–H groups in total. The standard InChI is InChI=1S/C46H49ClN6O7S/c47-36-11-10-35-9-8-34-4-1-2-5-43(34)53(44(35)31-36)23-3-20-50-61(56,57)38-14-12-37(13-15-38)51-46(55)19-24-58-26-28-60-29-27-59-25-22-49-45(54)17-7-33-6-16-39-40-32-48-21-18-41(40)52-42(39)30-33/h1-2,4-6,10-16,18-19,21,24,30-32,50,52H,3,7-9,17,20,22-23,25-29H2,(H,49,54)(H,51,55). The van der Waals surface area contributed by atoms with E-state index < -0.39 is 15.9 Å². The zero-order valence-electron chi connectivity index (χ0n) is 33.7. The Labute approximate surface area is 360 Å². The van der Waals surface area contributed by atoms with Crippen molar-refractivity contribution in [2.45, 2.75) is 37.0 Å². The van der Waals surface area contributed by atoms with Gasteiger partial charge in [-0.25, -0.2) is 13.1 Å². The average Bonchev–Trinajstić information content (AvgIpc) is 3.56. The van der Waals surface area contributed by atoms with E-state index in [1.807, 2.05) is 42.6 Å². The molecule has 318 valence electrons. The largest absolute Gasteiger partial charge is 0.499 e. The first kappa shape index (κ1) is 43.3. The van der Waals surface area contributed by atoms with Gasteiger partial charge >= 0.3 is 0 Å². The smallest absolute Gasteiger partial charge is 0.251 e. The number of benzene rings is 4. The van der Waals surface area contributed by atoms with Crippen molar-refractivity contribution in [1.82, 2.24) is 20.0 Å². The van der Waals surface area contributed by atoms with Gasteiger partial charge in [-0.2, -0.15) is 0 Å². The van der Waals surface area contributed by atoms with Gasteiger partial charge in [0.05, 0.1) is 37.6 Å². The van der Waals surface area contributed by atoms with Gasteiger partial charge in [-0.1, -0.05) is 48.0 Å². The van der Waals surface area contributed by atoms with E-state index in [1.54, 1.807) is 6.20 Å². The van der Waals surface area contributed by atoms with E-state index in [4.69, 9.17) is 25.8 Å². The van der Waals surface area contributed by atoms with Gasteiger partial charge in [0.1, 0.15) is 6.61 Å². The molecule has 0 saturated heterocycles. The molecule has 2 aromatic heterocycles. The van der Waals surface area contributed by atoms with Crippen LogP contribution in [0.2, 0.25) is 5.02 Å². The Bertz CT molecular complexity index is 2580. The van der Waals surface area contributed by atoms with Gasteiger partial charge in [0.15, 0.2) is 0 Å². The molecule has 0 radical (unpaired) electrons. The number of para-hydroxylation sites is 1. The number of amides is 2. The van der Waals surface area contributed by atoms with Crippen LogP contribution in [0.25, 0.3) is 21.8 Å². The van der Waals surface area contributed by atoms with E-state index in [-0.39, 0.29) is 24.0 Å². The summed E-state index contributed by atoms with van der Waals surface area (Å²) in [6, 6.07) is 28.3. The number of fused-ring (bicyclic) bond motifs is 5. The monoisotopic (exact) mass is 864 g/mol. The van der Waals surface area contributed by atoms with Gasteiger partial charge in [0.2, 0.25) is 15.9 Å². The van der Waals surface area contributed by atoms with E-state index in [1.165, 1.54) is 47.7 Å². The Balaban J connectivity index is 0.718.